The average molecular weight is 638 g/mol. The molecule has 3 aromatic carbocycles. The van der Waals surface area contributed by atoms with Crippen LogP contribution in [0.4, 0.5) is 5.69 Å². The van der Waals surface area contributed by atoms with Crippen LogP contribution in [0.1, 0.15) is 36.7 Å². The van der Waals surface area contributed by atoms with Crippen LogP contribution in [-0.2, 0) is 17.6 Å². The fourth-order valence-corrected chi connectivity index (χ4v) is 4.67. The van der Waals surface area contributed by atoms with Crippen molar-refractivity contribution < 1.29 is 14.3 Å². The molecule has 212 valence electrons. The van der Waals surface area contributed by atoms with Gasteiger partial charge in [-0.3, -0.25) is 9.59 Å². The van der Waals surface area contributed by atoms with Gasteiger partial charge in [0.2, 0.25) is 0 Å². The molecule has 8 nitrogen and oxygen atoms in total. The molecule has 0 aliphatic carbocycles. The SMILES string of the molecule is C=CCc1cc(C=Nn2c(CCCC)nc3ccc(Br)cc3c2=O)cc(OC)c1OCC(=O)Nc1ccc(Cl)cc1. The van der Waals surface area contributed by atoms with Gasteiger partial charge in [0.25, 0.3) is 11.5 Å². The smallest absolute Gasteiger partial charge is 0.282 e. The Kier molecular flexibility index (Phi) is 10.3. The van der Waals surface area contributed by atoms with Gasteiger partial charge in [-0.05, 0) is 73.0 Å². The van der Waals surface area contributed by atoms with E-state index in [-0.39, 0.29) is 18.1 Å². The van der Waals surface area contributed by atoms with Crippen molar-refractivity contribution in [3.63, 3.8) is 0 Å². The van der Waals surface area contributed by atoms with Crippen molar-refractivity contribution in [1.29, 1.82) is 0 Å². The molecule has 0 spiro atoms. The number of methoxy groups -OCH3 is 1. The average Bonchev–Trinajstić information content (AvgIpc) is 2.96. The van der Waals surface area contributed by atoms with Gasteiger partial charge in [0.15, 0.2) is 18.1 Å². The number of hydrogen-bond acceptors (Lipinski definition) is 6. The molecule has 0 unspecified atom stereocenters. The van der Waals surface area contributed by atoms with Gasteiger partial charge in [-0.2, -0.15) is 9.78 Å². The van der Waals surface area contributed by atoms with Crippen LogP contribution in [0.3, 0.4) is 0 Å². The lowest BCUT2D eigenvalue weighted by Crippen LogP contribution is -2.22. The first-order chi connectivity index (χ1) is 19.8. The second-order valence-electron chi connectivity index (χ2n) is 9.20. The molecule has 1 aromatic heterocycles. The van der Waals surface area contributed by atoms with Gasteiger partial charge >= 0.3 is 0 Å². The lowest BCUT2D eigenvalue weighted by atomic mass is 10.1. The first kappa shape index (κ1) is 30.0. The minimum atomic E-state index is -0.334. The largest absolute Gasteiger partial charge is 0.493 e. The highest BCUT2D eigenvalue weighted by Crippen LogP contribution is 2.33. The van der Waals surface area contributed by atoms with Crippen molar-refractivity contribution in [2.24, 2.45) is 5.10 Å². The number of aromatic nitrogens is 2. The summed E-state index contributed by atoms with van der Waals surface area (Å²) < 4.78 is 13.7. The third-order valence-corrected chi connectivity index (χ3v) is 6.91. The van der Waals surface area contributed by atoms with Crippen molar-refractivity contribution in [2.45, 2.75) is 32.6 Å². The number of carbonyl (C=O) groups is 1. The molecular weight excluding hydrogens is 608 g/mol. The second-order valence-corrected chi connectivity index (χ2v) is 10.6. The van der Waals surface area contributed by atoms with Gasteiger partial charge in [-0.1, -0.05) is 47.0 Å². The van der Waals surface area contributed by atoms with Crippen LogP contribution >= 0.6 is 27.5 Å². The maximum Gasteiger partial charge on any atom is 0.282 e. The van der Waals surface area contributed by atoms with E-state index in [2.05, 4.69) is 39.9 Å². The van der Waals surface area contributed by atoms with E-state index in [1.165, 1.54) is 11.8 Å². The van der Waals surface area contributed by atoms with Gasteiger partial charge in [-0.25, -0.2) is 4.98 Å². The molecule has 1 N–H and O–H groups in total. The van der Waals surface area contributed by atoms with E-state index in [4.69, 9.17) is 26.1 Å². The molecule has 1 heterocycles. The number of nitrogens with zero attached hydrogens (tertiary/aromatic N) is 3. The molecule has 0 fully saturated rings. The molecule has 0 aliphatic rings. The summed E-state index contributed by atoms with van der Waals surface area (Å²) in [6.07, 6.45) is 6.23. The Bertz CT molecular complexity index is 1650. The summed E-state index contributed by atoms with van der Waals surface area (Å²) in [5.74, 6) is 1.10. The Labute approximate surface area is 251 Å². The fourth-order valence-electron chi connectivity index (χ4n) is 4.18. The summed E-state index contributed by atoms with van der Waals surface area (Å²) in [4.78, 5) is 30.7. The van der Waals surface area contributed by atoms with Crippen molar-refractivity contribution in [3.05, 3.63) is 104 Å². The van der Waals surface area contributed by atoms with Crippen LogP contribution in [0.5, 0.6) is 11.5 Å². The molecule has 0 radical (unpaired) electrons. The minimum absolute atomic E-state index is 0.231. The number of allylic oxidation sites excluding steroid dienone is 1. The Balaban J connectivity index is 1.64. The number of rotatable bonds is 12. The minimum Gasteiger partial charge on any atom is -0.493 e. The third-order valence-electron chi connectivity index (χ3n) is 6.17. The number of halogens is 2. The van der Waals surface area contributed by atoms with Gasteiger partial charge in [-0.15, -0.1) is 6.58 Å². The van der Waals surface area contributed by atoms with E-state index in [0.29, 0.717) is 57.3 Å². The zero-order valence-electron chi connectivity index (χ0n) is 22.8. The molecule has 0 aliphatic heterocycles. The van der Waals surface area contributed by atoms with Crippen LogP contribution in [-0.4, -0.2) is 35.5 Å². The van der Waals surface area contributed by atoms with E-state index < -0.39 is 0 Å². The quantitative estimate of drug-likeness (QED) is 0.136. The van der Waals surface area contributed by atoms with E-state index in [1.807, 2.05) is 18.2 Å². The Morgan fingerprint density at radius 2 is 1.98 bits per heavy atom. The van der Waals surface area contributed by atoms with Crippen molar-refractivity contribution in [2.75, 3.05) is 19.0 Å². The lowest BCUT2D eigenvalue weighted by molar-refractivity contribution is -0.118. The first-order valence-corrected chi connectivity index (χ1v) is 14.3. The van der Waals surface area contributed by atoms with E-state index in [1.54, 1.807) is 48.7 Å². The lowest BCUT2D eigenvalue weighted by Gasteiger charge is -2.16. The van der Waals surface area contributed by atoms with Crippen LogP contribution in [0, 0.1) is 0 Å². The van der Waals surface area contributed by atoms with Gasteiger partial charge in [0.1, 0.15) is 5.82 Å². The predicted molar refractivity (Wildman–Crippen MR) is 168 cm³/mol. The fraction of sp³-hybridized carbons (Fsp3) is 0.226. The van der Waals surface area contributed by atoms with Crippen molar-refractivity contribution in [3.8, 4) is 11.5 Å². The number of carbonyl (C=O) groups excluding carboxylic acids is 1. The van der Waals surface area contributed by atoms with Crippen LogP contribution in [0.25, 0.3) is 10.9 Å². The summed E-state index contributed by atoms with van der Waals surface area (Å²) >= 11 is 9.35. The van der Waals surface area contributed by atoms with Gasteiger partial charge in [0.05, 0.1) is 24.2 Å². The maximum absolute atomic E-state index is 13.4. The number of benzene rings is 3. The standard InChI is InChI=1S/C31H30BrClN4O4/c1-4-6-8-28-36-26-14-9-22(32)17-25(26)31(39)37(28)34-18-20-15-21(7-5-2)30(27(16-20)40-3)41-19-29(38)35-24-12-10-23(33)11-13-24/h5,9-18H,2,4,6-8,19H2,1,3H3,(H,35,38). The van der Waals surface area contributed by atoms with Crippen LogP contribution in [0.2, 0.25) is 5.02 Å². The molecule has 1 amide bonds. The number of aryl methyl sites for hydroxylation is 1. The summed E-state index contributed by atoms with van der Waals surface area (Å²) in [5, 5.41) is 8.37. The van der Waals surface area contributed by atoms with Gasteiger partial charge in [0, 0.05) is 27.2 Å². The molecule has 10 heteroatoms. The topological polar surface area (TPSA) is 94.8 Å². The van der Waals surface area contributed by atoms with E-state index >= 15 is 0 Å². The Morgan fingerprint density at radius 1 is 1.20 bits per heavy atom. The van der Waals surface area contributed by atoms with Gasteiger partial charge < -0.3 is 14.8 Å². The highest BCUT2D eigenvalue weighted by Gasteiger charge is 2.15. The van der Waals surface area contributed by atoms with Crippen LogP contribution < -0.4 is 20.3 Å². The molecule has 4 rings (SSSR count). The molecule has 0 bridgehead atoms. The number of fused-ring (bicyclic) bond motifs is 1. The number of amides is 1. The second kappa shape index (κ2) is 14.1. The number of unbranched alkanes of at least 4 members (excludes halogenated alkanes) is 1. The molecular formula is C31H30BrClN4O4. The normalized spacial score (nSPS) is 11.1. The third kappa shape index (κ3) is 7.62. The summed E-state index contributed by atoms with van der Waals surface area (Å²) in [6, 6.07) is 15.8. The molecule has 0 saturated heterocycles. The number of ether oxygens (including phenoxy) is 2. The molecule has 41 heavy (non-hydrogen) atoms. The highest BCUT2D eigenvalue weighted by molar-refractivity contribution is 9.10. The zero-order chi connectivity index (χ0) is 29.4. The maximum atomic E-state index is 13.4. The monoisotopic (exact) mass is 636 g/mol. The van der Waals surface area contributed by atoms with Crippen molar-refractivity contribution in [1.82, 2.24) is 9.66 Å². The number of nitrogens with one attached hydrogen (secondary N) is 1. The summed E-state index contributed by atoms with van der Waals surface area (Å²) in [6.45, 7) is 5.70. The summed E-state index contributed by atoms with van der Waals surface area (Å²) in [5.41, 5.74) is 2.42. The highest BCUT2D eigenvalue weighted by atomic mass is 79.9. The van der Waals surface area contributed by atoms with E-state index in [0.717, 1.165) is 22.9 Å². The number of anilines is 1. The first-order valence-electron chi connectivity index (χ1n) is 13.1. The van der Waals surface area contributed by atoms with Crippen molar-refractivity contribution >= 4 is 56.2 Å². The number of hydrogen-bond donors (Lipinski definition) is 1. The molecule has 4 aromatic rings. The Morgan fingerprint density at radius 3 is 2.68 bits per heavy atom. The predicted octanol–water partition coefficient (Wildman–Crippen LogP) is 6.79. The molecule has 0 atom stereocenters. The zero-order valence-corrected chi connectivity index (χ0v) is 25.2. The van der Waals surface area contributed by atoms with Crippen LogP contribution in [0.15, 0.2) is 81.6 Å². The molecule has 0 saturated carbocycles. The van der Waals surface area contributed by atoms with E-state index in [9.17, 15) is 9.59 Å². The Hall–Kier alpha value is -3.95. The summed E-state index contributed by atoms with van der Waals surface area (Å²) in [7, 11) is 1.52.